The predicted octanol–water partition coefficient (Wildman–Crippen LogP) is 4.85. The van der Waals surface area contributed by atoms with Crippen LogP contribution in [-0.2, 0) is 9.59 Å². The van der Waals surface area contributed by atoms with E-state index in [1.807, 2.05) is 38.1 Å². The van der Waals surface area contributed by atoms with Crippen LogP contribution in [0.25, 0.3) is 0 Å². The highest BCUT2D eigenvalue weighted by Crippen LogP contribution is 2.40. The van der Waals surface area contributed by atoms with Crippen LogP contribution < -0.4 is 5.32 Å². The number of halogens is 2. The summed E-state index contributed by atoms with van der Waals surface area (Å²) in [6.07, 6.45) is 0.503. The Hall–Kier alpha value is -2.08. The Morgan fingerprint density at radius 1 is 1.10 bits per heavy atom. The van der Waals surface area contributed by atoms with Crippen molar-refractivity contribution in [2.75, 3.05) is 0 Å². The van der Waals surface area contributed by atoms with Crippen molar-refractivity contribution in [3.63, 3.8) is 0 Å². The van der Waals surface area contributed by atoms with Gasteiger partial charge in [-0.05, 0) is 41.8 Å². The molecule has 5 nitrogen and oxygen atoms in total. The van der Waals surface area contributed by atoms with Crippen LogP contribution in [-0.4, -0.2) is 34.0 Å². The van der Waals surface area contributed by atoms with Crippen molar-refractivity contribution >= 4 is 35.1 Å². The highest BCUT2D eigenvalue weighted by atomic mass is 35.5. The molecule has 3 atom stereocenters. The first-order chi connectivity index (χ1) is 13.8. The molecule has 7 heteroatoms. The van der Waals surface area contributed by atoms with Crippen LogP contribution in [0.5, 0.6) is 0 Å². The Morgan fingerprint density at radius 3 is 2.38 bits per heavy atom. The lowest BCUT2D eigenvalue weighted by Gasteiger charge is -2.39. The van der Waals surface area contributed by atoms with E-state index in [1.165, 1.54) is 4.90 Å². The molecule has 0 spiro atoms. The van der Waals surface area contributed by atoms with Crippen LogP contribution in [0.15, 0.2) is 48.5 Å². The van der Waals surface area contributed by atoms with Gasteiger partial charge in [0, 0.05) is 22.5 Å². The second-order valence-corrected chi connectivity index (χ2v) is 8.42. The van der Waals surface area contributed by atoms with Crippen LogP contribution >= 0.6 is 23.2 Å². The average molecular weight is 435 g/mol. The zero-order valence-corrected chi connectivity index (χ0v) is 17.8. The maximum atomic E-state index is 12.8. The van der Waals surface area contributed by atoms with E-state index in [9.17, 15) is 14.7 Å². The normalized spacial score (nSPS) is 18.9. The van der Waals surface area contributed by atoms with Gasteiger partial charge in [0.25, 0.3) is 0 Å². The van der Waals surface area contributed by atoms with Crippen molar-refractivity contribution in [1.82, 2.24) is 10.2 Å². The SMILES string of the molecule is CC(C)NC(c1ccc(Cl)cc1)C(c1cccc(Cl)c1)N1C(=O)CC[C@H]1C(=O)O. The first kappa shape index (κ1) is 21.6. The van der Waals surface area contributed by atoms with Gasteiger partial charge in [0.05, 0.1) is 12.1 Å². The topological polar surface area (TPSA) is 69.6 Å². The van der Waals surface area contributed by atoms with Gasteiger partial charge in [-0.1, -0.05) is 61.3 Å². The number of carbonyl (C=O) groups is 2. The molecule has 3 rings (SSSR count). The molecule has 1 amide bonds. The molecule has 1 aliphatic heterocycles. The second kappa shape index (κ2) is 9.16. The van der Waals surface area contributed by atoms with Gasteiger partial charge in [-0.3, -0.25) is 4.79 Å². The summed E-state index contributed by atoms with van der Waals surface area (Å²) in [5.74, 6) is -1.17. The quantitative estimate of drug-likeness (QED) is 0.653. The fourth-order valence-corrected chi connectivity index (χ4v) is 4.22. The number of benzene rings is 2. The fraction of sp³-hybridized carbons (Fsp3) is 0.364. The van der Waals surface area contributed by atoms with Crippen LogP contribution in [0.4, 0.5) is 0 Å². The summed E-state index contributed by atoms with van der Waals surface area (Å²) in [5, 5.41) is 14.4. The maximum absolute atomic E-state index is 12.8. The Morgan fingerprint density at radius 2 is 1.79 bits per heavy atom. The highest BCUT2D eigenvalue weighted by Gasteiger charge is 2.44. The molecule has 0 bridgehead atoms. The number of hydrogen-bond acceptors (Lipinski definition) is 3. The van der Waals surface area contributed by atoms with Gasteiger partial charge in [-0.15, -0.1) is 0 Å². The number of amides is 1. The molecule has 1 heterocycles. The van der Waals surface area contributed by atoms with Gasteiger partial charge in [-0.25, -0.2) is 4.79 Å². The molecule has 0 aliphatic carbocycles. The summed E-state index contributed by atoms with van der Waals surface area (Å²) in [4.78, 5) is 26.3. The van der Waals surface area contributed by atoms with Gasteiger partial charge in [0.1, 0.15) is 6.04 Å². The molecule has 1 fully saturated rings. The van der Waals surface area contributed by atoms with Gasteiger partial charge >= 0.3 is 5.97 Å². The van der Waals surface area contributed by atoms with E-state index in [4.69, 9.17) is 23.2 Å². The van der Waals surface area contributed by atoms with Crippen molar-refractivity contribution in [3.05, 3.63) is 69.7 Å². The summed E-state index contributed by atoms with van der Waals surface area (Å²) < 4.78 is 0. The molecule has 0 radical (unpaired) electrons. The minimum atomic E-state index is -0.998. The number of carboxylic acid groups (broad SMARTS) is 1. The average Bonchev–Trinajstić information content (AvgIpc) is 3.03. The van der Waals surface area contributed by atoms with Crippen molar-refractivity contribution in [2.24, 2.45) is 0 Å². The van der Waals surface area contributed by atoms with E-state index in [-0.39, 0.29) is 24.4 Å². The number of nitrogens with zero attached hydrogens (tertiary/aromatic N) is 1. The second-order valence-electron chi connectivity index (χ2n) is 7.54. The Bertz CT molecular complexity index is 886. The third-order valence-electron chi connectivity index (χ3n) is 5.09. The van der Waals surface area contributed by atoms with E-state index in [0.29, 0.717) is 16.5 Å². The summed E-state index contributed by atoms with van der Waals surface area (Å²) in [5.41, 5.74) is 1.70. The Kier molecular flexibility index (Phi) is 6.83. The number of carbonyl (C=O) groups excluding carboxylic acids is 1. The minimum Gasteiger partial charge on any atom is -0.480 e. The molecule has 0 saturated carbocycles. The third kappa shape index (κ3) is 4.92. The largest absolute Gasteiger partial charge is 0.480 e. The standard InChI is InChI=1S/C22H24Cl2N2O3/c1-13(2)25-20(14-6-8-16(23)9-7-14)21(15-4-3-5-17(24)12-15)26-18(22(28)29)10-11-19(26)27/h3-9,12-13,18,20-21,25H,10-11H2,1-2H3,(H,28,29)/t18-,20?,21?/m0/s1. The van der Waals surface area contributed by atoms with Crippen LogP contribution in [0.3, 0.4) is 0 Å². The number of carboxylic acids is 1. The smallest absolute Gasteiger partial charge is 0.326 e. The van der Waals surface area contributed by atoms with E-state index >= 15 is 0 Å². The molecule has 0 aromatic heterocycles. The van der Waals surface area contributed by atoms with Crippen molar-refractivity contribution in [2.45, 2.75) is 50.9 Å². The number of aliphatic carboxylic acids is 1. The number of likely N-dealkylation sites (tertiary alicyclic amines) is 1. The maximum Gasteiger partial charge on any atom is 0.326 e. The van der Waals surface area contributed by atoms with Gasteiger partial charge in [0.2, 0.25) is 5.91 Å². The van der Waals surface area contributed by atoms with E-state index < -0.39 is 18.1 Å². The van der Waals surface area contributed by atoms with Crippen molar-refractivity contribution in [3.8, 4) is 0 Å². The Balaban J connectivity index is 2.16. The van der Waals surface area contributed by atoms with Crippen molar-refractivity contribution in [1.29, 1.82) is 0 Å². The number of hydrogen-bond donors (Lipinski definition) is 2. The molecule has 2 unspecified atom stereocenters. The zero-order valence-electron chi connectivity index (χ0n) is 16.3. The fourth-order valence-electron chi connectivity index (χ4n) is 3.90. The summed E-state index contributed by atoms with van der Waals surface area (Å²) >= 11 is 12.3. The zero-order chi connectivity index (χ0) is 21.1. The van der Waals surface area contributed by atoms with E-state index in [1.54, 1.807) is 24.3 Å². The monoisotopic (exact) mass is 434 g/mol. The molecule has 2 aromatic rings. The summed E-state index contributed by atoms with van der Waals surface area (Å²) in [6.45, 7) is 4.02. The molecule has 29 heavy (non-hydrogen) atoms. The molecule has 2 N–H and O–H groups in total. The number of rotatable bonds is 7. The lowest BCUT2D eigenvalue weighted by molar-refractivity contribution is -0.148. The van der Waals surface area contributed by atoms with Gasteiger partial charge in [0.15, 0.2) is 0 Å². The minimum absolute atomic E-state index is 0.0957. The predicted molar refractivity (Wildman–Crippen MR) is 114 cm³/mol. The molecule has 154 valence electrons. The lowest BCUT2D eigenvalue weighted by Crippen LogP contribution is -2.47. The molecular formula is C22H24Cl2N2O3. The lowest BCUT2D eigenvalue weighted by atomic mass is 9.90. The summed E-state index contributed by atoms with van der Waals surface area (Å²) in [7, 11) is 0. The molecule has 1 saturated heterocycles. The van der Waals surface area contributed by atoms with Gasteiger partial charge in [-0.2, -0.15) is 0 Å². The highest BCUT2D eigenvalue weighted by molar-refractivity contribution is 6.30. The molecular weight excluding hydrogens is 411 g/mol. The van der Waals surface area contributed by atoms with Crippen molar-refractivity contribution < 1.29 is 14.7 Å². The third-order valence-corrected chi connectivity index (χ3v) is 5.58. The summed E-state index contributed by atoms with van der Waals surface area (Å²) in [6, 6.07) is 13.0. The first-order valence-electron chi connectivity index (χ1n) is 9.59. The molecule has 1 aliphatic rings. The van der Waals surface area contributed by atoms with E-state index in [2.05, 4.69) is 5.32 Å². The number of nitrogens with one attached hydrogen (secondary N) is 1. The molecule has 2 aromatic carbocycles. The van der Waals surface area contributed by atoms with Crippen LogP contribution in [0.1, 0.15) is 49.9 Å². The first-order valence-corrected chi connectivity index (χ1v) is 10.3. The van der Waals surface area contributed by atoms with E-state index in [0.717, 1.165) is 11.1 Å². The van der Waals surface area contributed by atoms with Crippen LogP contribution in [0.2, 0.25) is 10.0 Å². The van der Waals surface area contributed by atoms with Crippen LogP contribution in [0, 0.1) is 0 Å². The van der Waals surface area contributed by atoms with Gasteiger partial charge < -0.3 is 15.3 Å². The Labute approximate surface area is 180 Å².